The highest BCUT2D eigenvalue weighted by Crippen LogP contribution is 2.25. The third-order valence-electron chi connectivity index (χ3n) is 3.75. The average Bonchev–Trinajstić information content (AvgIpc) is 3.00. The van der Waals surface area contributed by atoms with Gasteiger partial charge in [0.05, 0.1) is 12.3 Å². The maximum atomic E-state index is 12.3. The molecule has 1 aliphatic rings. The van der Waals surface area contributed by atoms with Gasteiger partial charge in [-0.15, -0.1) is 0 Å². The summed E-state index contributed by atoms with van der Waals surface area (Å²) in [5.74, 6) is 0.348. The van der Waals surface area contributed by atoms with Crippen molar-refractivity contribution >= 4 is 40.1 Å². The van der Waals surface area contributed by atoms with Gasteiger partial charge in [-0.2, -0.15) is 0 Å². The van der Waals surface area contributed by atoms with Crippen molar-refractivity contribution in [1.29, 1.82) is 0 Å². The number of hydrogen-bond donors (Lipinski definition) is 2. The van der Waals surface area contributed by atoms with Crippen LogP contribution in [-0.4, -0.2) is 28.8 Å². The van der Waals surface area contributed by atoms with Gasteiger partial charge in [-0.3, -0.25) is 9.59 Å². The van der Waals surface area contributed by atoms with Crippen molar-refractivity contribution in [2.75, 3.05) is 11.9 Å². The minimum absolute atomic E-state index is 0.0817. The van der Waals surface area contributed by atoms with E-state index in [9.17, 15) is 9.59 Å². The van der Waals surface area contributed by atoms with E-state index in [0.29, 0.717) is 17.5 Å². The van der Waals surface area contributed by atoms with Gasteiger partial charge >= 0.3 is 0 Å². The minimum atomic E-state index is -0.486. The first kappa shape index (κ1) is 19.0. The number of aliphatic imine (C=N–C) groups is 1. The quantitative estimate of drug-likeness (QED) is 0.764. The largest absolute Gasteiger partial charge is 0.494 e. The van der Waals surface area contributed by atoms with E-state index in [2.05, 4.69) is 15.6 Å². The molecule has 0 saturated carbocycles. The Kier molecular flexibility index (Phi) is 6.49. The number of thioether (sulfide) groups is 1. The van der Waals surface area contributed by atoms with E-state index in [0.717, 1.165) is 17.9 Å². The second kappa shape index (κ2) is 9.23. The van der Waals surface area contributed by atoms with Crippen molar-refractivity contribution in [3.8, 4) is 5.75 Å². The molecule has 0 unspecified atom stereocenters. The first-order valence-electron chi connectivity index (χ1n) is 8.78. The third-order valence-corrected chi connectivity index (χ3v) is 4.83. The molecular formula is C20H21N3O3S. The molecule has 0 spiro atoms. The Bertz CT molecular complexity index is 822. The van der Waals surface area contributed by atoms with Gasteiger partial charge in [0.2, 0.25) is 11.8 Å². The molecule has 1 aliphatic heterocycles. The Hall–Kier alpha value is -2.80. The lowest BCUT2D eigenvalue weighted by molar-refractivity contribution is -0.122. The van der Waals surface area contributed by atoms with E-state index in [1.807, 2.05) is 49.4 Å². The van der Waals surface area contributed by atoms with E-state index in [-0.39, 0.29) is 18.2 Å². The number of carbonyl (C=O) groups is 2. The van der Waals surface area contributed by atoms with Gasteiger partial charge in [0.25, 0.3) is 0 Å². The zero-order valence-electron chi connectivity index (χ0n) is 15.0. The molecule has 0 bridgehead atoms. The summed E-state index contributed by atoms with van der Waals surface area (Å²) in [6.45, 7) is 2.70. The lowest BCUT2D eigenvalue weighted by Gasteiger charge is -2.09. The van der Waals surface area contributed by atoms with Gasteiger partial charge in [0.1, 0.15) is 11.0 Å². The molecule has 27 heavy (non-hydrogen) atoms. The Balaban J connectivity index is 1.53. The van der Waals surface area contributed by atoms with Crippen LogP contribution in [0.1, 0.15) is 19.8 Å². The molecule has 0 aliphatic carbocycles. The van der Waals surface area contributed by atoms with Gasteiger partial charge in [0.15, 0.2) is 5.17 Å². The van der Waals surface area contributed by atoms with Crippen molar-refractivity contribution in [2.45, 2.75) is 25.0 Å². The second-order valence-electron chi connectivity index (χ2n) is 5.97. The summed E-state index contributed by atoms with van der Waals surface area (Å²) >= 11 is 1.27. The van der Waals surface area contributed by atoms with E-state index >= 15 is 0 Å². The van der Waals surface area contributed by atoms with Crippen LogP contribution in [0.5, 0.6) is 5.75 Å². The maximum absolute atomic E-state index is 12.3. The highest BCUT2D eigenvalue weighted by atomic mass is 32.2. The van der Waals surface area contributed by atoms with Crippen LogP contribution in [0.3, 0.4) is 0 Å². The van der Waals surface area contributed by atoms with Crippen LogP contribution in [0.25, 0.3) is 0 Å². The van der Waals surface area contributed by atoms with Gasteiger partial charge in [-0.25, -0.2) is 4.99 Å². The monoisotopic (exact) mass is 383 g/mol. The van der Waals surface area contributed by atoms with Crippen LogP contribution in [0.4, 0.5) is 11.4 Å². The lowest BCUT2D eigenvalue weighted by Crippen LogP contribution is -2.28. The highest BCUT2D eigenvalue weighted by Gasteiger charge is 2.32. The van der Waals surface area contributed by atoms with Gasteiger partial charge in [-0.1, -0.05) is 36.9 Å². The number of amidine groups is 1. The molecule has 2 amide bonds. The van der Waals surface area contributed by atoms with Gasteiger partial charge in [0, 0.05) is 12.1 Å². The van der Waals surface area contributed by atoms with Gasteiger partial charge < -0.3 is 15.4 Å². The van der Waals surface area contributed by atoms with Crippen molar-refractivity contribution in [3.63, 3.8) is 0 Å². The molecule has 0 radical (unpaired) electrons. The van der Waals surface area contributed by atoms with Crippen LogP contribution < -0.4 is 15.4 Å². The number of carbonyl (C=O) groups excluding carboxylic acids is 2. The fourth-order valence-electron chi connectivity index (χ4n) is 2.45. The molecule has 2 aromatic rings. The van der Waals surface area contributed by atoms with Crippen molar-refractivity contribution in [1.82, 2.24) is 5.32 Å². The zero-order valence-corrected chi connectivity index (χ0v) is 15.8. The van der Waals surface area contributed by atoms with Crippen LogP contribution in [0, 0.1) is 0 Å². The SMILES string of the molecule is CCCOc1ccc(NC(=O)C[C@@H]2SC(=Nc3ccccc3)NC2=O)cc1. The standard InChI is InChI=1S/C20H21N3O3S/c1-2-12-26-16-10-8-15(9-11-16)21-18(24)13-17-19(25)23-20(27-17)22-14-6-4-3-5-7-14/h3-11,17H,2,12-13H2,1H3,(H,21,24)(H,22,23,25)/t17-/m0/s1. The van der Waals surface area contributed by atoms with E-state index in [4.69, 9.17) is 4.74 Å². The number of nitrogens with zero attached hydrogens (tertiary/aromatic N) is 1. The molecule has 1 atom stereocenters. The van der Waals surface area contributed by atoms with Crippen LogP contribution in [-0.2, 0) is 9.59 Å². The predicted molar refractivity (Wildman–Crippen MR) is 109 cm³/mol. The van der Waals surface area contributed by atoms with Crippen molar-refractivity contribution in [2.24, 2.45) is 4.99 Å². The summed E-state index contributed by atoms with van der Waals surface area (Å²) in [5, 5.41) is 5.56. The first-order valence-corrected chi connectivity index (χ1v) is 9.66. The number of ether oxygens (including phenoxy) is 1. The Morgan fingerprint density at radius 2 is 1.93 bits per heavy atom. The van der Waals surface area contributed by atoms with E-state index < -0.39 is 5.25 Å². The number of anilines is 1. The average molecular weight is 383 g/mol. The number of hydrogen-bond acceptors (Lipinski definition) is 5. The Morgan fingerprint density at radius 3 is 2.63 bits per heavy atom. The number of rotatable bonds is 7. The molecular weight excluding hydrogens is 362 g/mol. The molecule has 2 aromatic carbocycles. The fourth-order valence-corrected chi connectivity index (χ4v) is 3.43. The maximum Gasteiger partial charge on any atom is 0.240 e. The summed E-state index contributed by atoms with van der Waals surface area (Å²) in [7, 11) is 0. The number of nitrogens with one attached hydrogen (secondary N) is 2. The molecule has 1 fully saturated rings. The molecule has 6 nitrogen and oxygen atoms in total. The summed E-state index contributed by atoms with van der Waals surface area (Å²) < 4.78 is 5.52. The third kappa shape index (κ3) is 5.59. The molecule has 2 N–H and O–H groups in total. The Morgan fingerprint density at radius 1 is 1.19 bits per heavy atom. The smallest absolute Gasteiger partial charge is 0.240 e. The summed E-state index contributed by atoms with van der Waals surface area (Å²) in [6.07, 6.45) is 1.02. The summed E-state index contributed by atoms with van der Waals surface area (Å²) in [6, 6.07) is 16.6. The first-order chi connectivity index (χ1) is 13.1. The van der Waals surface area contributed by atoms with E-state index in [1.165, 1.54) is 11.8 Å². The lowest BCUT2D eigenvalue weighted by atomic mass is 10.2. The van der Waals surface area contributed by atoms with Crippen LogP contribution >= 0.6 is 11.8 Å². The number of para-hydroxylation sites is 1. The second-order valence-corrected chi connectivity index (χ2v) is 7.16. The predicted octanol–water partition coefficient (Wildman–Crippen LogP) is 3.72. The number of amides is 2. The van der Waals surface area contributed by atoms with E-state index in [1.54, 1.807) is 12.1 Å². The molecule has 7 heteroatoms. The Labute approximate surface area is 162 Å². The van der Waals surface area contributed by atoms with Crippen molar-refractivity contribution in [3.05, 3.63) is 54.6 Å². The van der Waals surface area contributed by atoms with Crippen LogP contribution in [0.15, 0.2) is 59.6 Å². The molecule has 1 heterocycles. The topological polar surface area (TPSA) is 79.8 Å². The summed E-state index contributed by atoms with van der Waals surface area (Å²) in [4.78, 5) is 28.7. The minimum Gasteiger partial charge on any atom is -0.494 e. The molecule has 140 valence electrons. The highest BCUT2D eigenvalue weighted by molar-refractivity contribution is 8.15. The fraction of sp³-hybridized carbons (Fsp3) is 0.250. The summed E-state index contributed by atoms with van der Waals surface area (Å²) in [5.41, 5.74) is 1.43. The molecule has 3 rings (SSSR count). The zero-order chi connectivity index (χ0) is 19.1. The normalized spacial score (nSPS) is 17.6. The van der Waals surface area contributed by atoms with Gasteiger partial charge in [-0.05, 0) is 42.8 Å². The molecule has 0 aromatic heterocycles. The number of benzene rings is 2. The molecule has 1 saturated heterocycles. The van der Waals surface area contributed by atoms with Crippen LogP contribution in [0.2, 0.25) is 0 Å². The van der Waals surface area contributed by atoms with Crippen molar-refractivity contribution < 1.29 is 14.3 Å².